The number of anilines is 1. The van der Waals surface area contributed by atoms with Gasteiger partial charge in [-0.15, -0.1) is 0 Å². The molecule has 4 heteroatoms. The molecule has 0 aliphatic heterocycles. The highest BCUT2D eigenvalue weighted by Gasteiger charge is 2.12. The zero-order chi connectivity index (χ0) is 8.43. The number of nitrogens with two attached hydrogens (primary N) is 1. The topological polar surface area (TPSA) is 55.3 Å². The quantitative estimate of drug-likeness (QED) is 0.688. The minimum Gasteiger partial charge on any atom is -0.381 e. The fourth-order valence-electron chi connectivity index (χ4n) is 0.755. The summed E-state index contributed by atoms with van der Waals surface area (Å²) in [7, 11) is 3.95. The largest absolute Gasteiger partial charge is 0.381 e. The van der Waals surface area contributed by atoms with Gasteiger partial charge in [0.15, 0.2) is 11.6 Å². The molecule has 0 amide bonds. The van der Waals surface area contributed by atoms with E-state index >= 15 is 0 Å². The molecule has 0 aromatic carbocycles. The summed E-state index contributed by atoms with van der Waals surface area (Å²) in [5.41, 5.74) is 5.39. The molecule has 0 bridgehead atoms. The molecule has 1 aromatic rings. The van der Waals surface area contributed by atoms with Crippen molar-refractivity contribution >= 4 is 5.82 Å². The van der Waals surface area contributed by atoms with Crippen molar-refractivity contribution in [1.82, 2.24) is 10.1 Å². The number of hydrogen-bond donors (Lipinski definition) is 1. The molecule has 11 heavy (non-hydrogen) atoms. The minimum absolute atomic E-state index is 0.222. The van der Waals surface area contributed by atoms with Gasteiger partial charge in [0, 0.05) is 6.07 Å². The van der Waals surface area contributed by atoms with Crippen molar-refractivity contribution in [3.8, 4) is 0 Å². The van der Waals surface area contributed by atoms with Crippen LogP contribution in [-0.2, 0) is 0 Å². The lowest BCUT2D eigenvalue weighted by molar-refractivity contribution is 0.253. The Hall–Kier alpha value is -1.03. The van der Waals surface area contributed by atoms with Gasteiger partial charge in [0.05, 0.1) is 6.04 Å². The van der Waals surface area contributed by atoms with E-state index in [1.54, 1.807) is 6.07 Å². The van der Waals surface area contributed by atoms with Crippen LogP contribution in [0.4, 0.5) is 5.82 Å². The summed E-state index contributed by atoms with van der Waals surface area (Å²) >= 11 is 0. The van der Waals surface area contributed by atoms with E-state index in [4.69, 9.17) is 10.3 Å². The molecule has 0 radical (unpaired) electrons. The molecular formula is C7H13N3O. The first-order valence-electron chi connectivity index (χ1n) is 3.49. The lowest BCUT2D eigenvalue weighted by Gasteiger charge is -2.15. The first kappa shape index (κ1) is 8.07. The maximum Gasteiger partial charge on any atom is 0.167 e. The fraction of sp³-hybridized carbons (Fsp3) is 0.571. The second-order valence-electron chi connectivity index (χ2n) is 2.79. The second-order valence-corrected chi connectivity index (χ2v) is 2.79. The van der Waals surface area contributed by atoms with Gasteiger partial charge in [-0.1, -0.05) is 5.16 Å². The van der Waals surface area contributed by atoms with Crippen LogP contribution in [0.3, 0.4) is 0 Å². The van der Waals surface area contributed by atoms with Crippen LogP contribution in [0.15, 0.2) is 10.6 Å². The van der Waals surface area contributed by atoms with Gasteiger partial charge < -0.3 is 10.3 Å². The molecule has 1 unspecified atom stereocenters. The van der Waals surface area contributed by atoms with Gasteiger partial charge in [-0.05, 0) is 21.0 Å². The Balaban J connectivity index is 2.76. The van der Waals surface area contributed by atoms with Gasteiger partial charge in [-0.2, -0.15) is 0 Å². The number of aromatic nitrogens is 1. The summed E-state index contributed by atoms with van der Waals surface area (Å²) in [4.78, 5) is 2.03. The van der Waals surface area contributed by atoms with Crippen LogP contribution < -0.4 is 5.73 Å². The smallest absolute Gasteiger partial charge is 0.167 e. The summed E-state index contributed by atoms with van der Waals surface area (Å²) < 4.78 is 4.97. The molecule has 0 fully saturated rings. The lowest BCUT2D eigenvalue weighted by Crippen LogP contribution is -2.15. The van der Waals surface area contributed by atoms with Gasteiger partial charge in [0.1, 0.15) is 0 Å². The second kappa shape index (κ2) is 2.92. The maximum absolute atomic E-state index is 5.39. The average Bonchev–Trinajstić information content (AvgIpc) is 2.34. The third-order valence-electron chi connectivity index (χ3n) is 1.73. The normalized spacial score (nSPS) is 13.8. The lowest BCUT2D eigenvalue weighted by atomic mass is 10.2. The maximum atomic E-state index is 5.39. The Morgan fingerprint density at radius 2 is 2.27 bits per heavy atom. The number of rotatable bonds is 2. The van der Waals surface area contributed by atoms with Crippen LogP contribution in [0.25, 0.3) is 0 Å². The predicted molar refractivity (Wildman–Crippen MR) is 43.0 cm³/mol. The van der Waals surface area contributed by atoms with E-state index in [2.05, 4.69) is 5.16 Å². The van der Waals surface area contributed by atoms with Crippen LogP contribution >= 0.6 is 0 Å². The van der Waals surface area contributed by atoms with Crippen LogP contribution in [0.1, 0.15) is 18.7 Å². The van der Waals surface area contributed by atoms with Crippen molar-refractivity contribution < 1.29 is 4.52 Å². The van der Waals surface area contributed by atoms with Gasteiger partial charge in [-0.3, -0.25) is 4.90 Å². The highest BCUT2D eigenvalue weighted by molar-refractivity contribution is 5.27. The molecule has 0 saturated carbocycles. The molecule has 1 heterocycles. The van der Waals surface area contributed by atoms with Crippen LogP contribution in [0, 0.1) is 0 Å². The Bertz CT molecular complexity index is 231. The van der Waals surface area contributed by atoms with E-state index < -0.39 is 0 Å². The van der Waals surface area contributed by atoms with Gasteiger partial charge in [0.25, 0.3) is 0 Å². The van der Waals surface area contributed by atoms with E-state index in [0.717, 1.165) is 5.76 Å². The summed E-state index contributed by atoms with van der Waals surface area (Å²) in [6.45, 7) is 2.03. The molecule has 0 aliphatic rings. The van der Waals surface area contributed by atoms with E-state index in [1.165, 1.54) is 0 Å². The van der Waals surface area contributed by atoms with Gasteiger partial charge >= 0.3 is 0 Å². The molecule has 4 nitrogen and oxygen atoms in total. The Morgan fingerprint density at radius 1 is 1.64 bits per heavy atom. The minimum atomic E-state index is 0.222. The van der Waals surface area contributed by atoms with Crippen molar-refractivity contribution in [2.45, 2.75) is 13.0 Å². The number of hydrogen-bond acceptors (Lipinski definition) is 4. The van der Waals surface area contributed by atoms with Crippen molar-refractivity contribution in [2.24, 2.45) is 0 Å². The van der Waals surface area contributed by atoms with Crippen molar-refractivity contribution in [3.63, 3.8) is 0 Å². The summed E-state index contributed by atoms with van der Waals surface area (Å²) in [5.74, 6) is 1.24. The molecule has 62 valence electrons. The predicted octanol–water partition coefficient (Wildman–Crippen LogP) is 0.879. The van der Waals surface area contributed by atoms with E-state index in [9.17, 15) is 0 Å². The van der Waals surface area contributed by atoms with Gasteiger partial charge in [0.2, 0.25) is 0 Å². The highest BCUT2D eigenvalue weighted by atomic mass is 16.5. The van der Waals surface area contributed by atoms with E-state index in [0.29, 0.717) is 5.82 Å². The molecule has 2 N–H and O–H groups in total. The van der Waals surface area contributed by atoms with Crippen LogP contribution in [0.5, 0.6) is 0 Å². The Kier molecular flexibility index (Phi) is 2.14. The fourth-order valence-corrected chi connectivity index (χ4v) is 0.755. The number of nitrogen functional groups attached to an aromatic ring is 1. The first-order valence-corrected chi connectivity index (χ1v) is 3.49. The van der Waals surface area contributed by atoms with Gasteiger partial charge in [-0.25, -0.2) is 0 Å². The Morgan fingerprint density at radius 3 is 2.64 bits per heavy atom. The average molecular weight is 155 g/mol. The Labute approximate surface area is 66.0 Å². The number of nitrogens with zero attached hydrogens (tertiary/aromatic N) is 2. The van der Waals surface area contributed by atoms with Crippen LogP contribution in [0.2, 0.25) is 0 Å². The molecular weight excluding hydrogens is 142 g/mol. The summed E-state index contributed by atoms with van der Waals surface area (Å²) in [6.07, 6.45) is 0. The molecule has 1 aromatic heterocycles. The molecule has 0 saturated heterocycles. The monoisotopic (exact) mass is 155 g/mol. The first-order chi connectivity index (χ1) is 5.11. The summed E-state index contributed by atoms with van der Waals surface area (Å²) in [5, 5.41) is 3.60. The zero-order valence-electron chi connectivity index (χ0n) is 7.03. The van der Waals surface area contributed by atoms with Crippen molar-refractivity contribution in [3.05, 3.63) is 11.8 Å². The molecule has 1 atom stereocenters. The summed E-state index contributed by atoms with van der Waals surface area (Å²) in [6, 6.07) is 1.96. The van der Waals surface area contributed by atoms with Crippen LogP contribution in [-0.4, -0.2) is 24.2 Å². The SMILES string of the molecule is CC(c1cc(N)no1)N(C)C. The third-order valence-corrected chi connectivity index (χ3v) is 1.73. The zero-order valence-corrected chi connectivity index (χ0v) is 7.03. The van der Waals surface area contributed by atoms with Crippen molar-refractivity contribution in [1.29, 1.82) is 0 Å². The molecule has 0 aliphatic carbocycles. The van der Waals surface area contributed by atoms with E-state index in [-0.39, 0.29) is 6.04 Å². The van der Waals surface area contributed by atoms with Crippen molar-refractivity contribution in [2.75, 3.05) is 19.8 Å². The molecule has 1 rings (SSSR count). The highest BCUT2D eigenvalue weighted by Crippen LogP contribution is 2.18. The van der Waals surface area contributed by atoms with E-state index in [1.807, 2.05) is 25.9 Å². The third kappa shape index (κ3) is 1.71. The molecule has 0 spiro atoms. The standard InChI is InChI=1S/C7H13N3O/c1-5(10(2)3)6-4-7(8)9-11-6/h4-5H,1-3H3,(H2,8,9).